The minimum absolute atomic E-state index is 0.0374. The van der Waals surface area contributed by atoms with Gasteiger partial charge in [-0.2, -0.15) is 10.4 Å². The fourth-order valence-corrected chi connectivity index (χ4v) is 2.56. The lowest BCUT2D eigenvalue weighted by molar-refractivity contribution is -0.384. The molecule has 0 fully saturated rings. The first-order chi connectivity index (χ1) is 10.9. The number of halogens is 1. The van der Waals surface area contributed by atoms with Gasteiger partial charge in [0, 0.05) is 18.7 Å². The molecule has 0 unspecified atom stereocenters. The second kappa shape index (κ2) is 6.98. The first-order valence-electron chi connectivity index (χ1n) is 6.85. The second-order valence-electron chi connectivity index (χ2n) is 4.98. The maximum absolute atomic E-state index is 10.8. The first kappa shape index (κ1) is 16.6. The van der Waals surface area contributed by atoms with E-state index in [9.17, 15) is 10.1 Å². The number of nitrogens with two attached hydrogens (primary N) is 1. The molecule has 0 amide bonds. The maximum atomic E-state index is 10.8. The molecule has 2 rings (SSSR count). The summed E-state index contributed by atoms with van der Waals surface area (Å²) in [5.74, 6) is 0.199. The van der Waals surface area contributed by atoms with Crippen LogP contribution in [-0.2, 0) is 6.42 Å². The predicted octanol–water partition coefficient (Wildman–Crippen LogP) is 2.78. The molecule has 4 N–H and O–H groups in total. The molecule has 0 radical (unpaired) electrons. The Morgan fingerprint density at radius 3 is 2.91 bits per heavy atom. The zero-order valence-corrected chi connectivity index (χ0v) is 13.1. The van der Waals surface area contributed by atoms with Crippen LogP contribution in [0.5, 0.6) is 0 Å². The van der Waals surface area contributed by atoms with Crippen molar-refractivity contribution in [2.24, 2.45) is 0 Å². The number of nitrogens with zero attached hydrogens (tertiary/aromatic N) is 3. The van der Waals surface area contributed by atoms with Crippen molar-refractivity contribution in [3.8, 4) is 6.07 Å². The van der Waals surface area contributed by atoms with Crippen molar-refractivity contribution in [2.75, 3.05) is 17.6 Å². The number of hydrogen-bond donors (Lipinski definition) is 3. The number of nitrogens with one attached hydrogen (secondary N) is 2. The van der Waals surface area contributed by atoms with Crippen molar-refractivity contribution in [1.29, 1.82) is 5.26 Å². The summed E-state index contributed by atoms with van der Waals surface area (Å²) < 4.78 is 0. The number of H-pyrrole nitrogens is 1. The topological polar surface area (TPSA) is 134 Å². The summed E-state index contributed by atoms with van der Waals surface area (Å²) in [5, 5.41) is 29.8. The van der Waals surface area contributed by atoms with Crippen molar-refractivity contribution in [1.82, 2.24) is 10.2 Å². The van der Waals surface area contributed by atoms with Crippen molar-refractivity contribution in [3.63, 3.8) is 0 Å². The number of aromatic nitrogens is 2. The maximum Gasteiger partial charge on any atom is 0.271 e. The van der Waals surface area contributed by atoms with Crippen LogP contribution in [0.1, 0.15) is 23.2 Å². The van der Waals surface area contributed by atoms with Gasteiger partial charge in [0.25, 0.3) is 5.69 Å². The van der Waals surface area contributed by atoms with Crippen LogP contribution < -0.4 is 11.1 Å². The number of non-ortho nitro benzene ring substituents is 1. The summed E-state index contributed by atoms with van der Waals surface area (Å²) in [5.41, 5.74) is 7.97. The molecule has 8 nitrogen and oxygen atoms in total. The molecule has 1 aromatic carbocycles. The van der Waals surface area contributed by atoms with Gasteiger partial charge in [0.15, 0.2) is 5.82 Å². The highest BCUT2D eigenvalue weighted by Crippen LogP contribution is 2.30. The van der Waals surface area contributed by atoms with E-state index in [4.69, 9.17) is 22.6 Å². The van der Waals surface area contributed by atoms with Crippen LogP contribution in [0.15, 0.2) is 12.1 Å². The molecule has 1 heterocycles. The van der Waals surface area contributed by atoms with Gasteiger partial charge in [0.1, 0.15) is 11.6 Å². The van der Waals surface area contributed by atoms with Crippen LogP contribution in [0.4, 0.5) is 17.2 Å². The third-order valence-corrected chi connectivity index (χ3v) is 3.67. The first-order valence-corrected chi connectivity index (χ1v) is 7.23. The molecule has 0 saturated heterocycles. The normalized spacial score (nSPS) is 10.3. The van der Waals surface area contributed by atoms with Crippen molar-refractivity contribution in [3.05, 3.63) is 44.1 Å². The van der Waals surface area contributed by atoms with E-state index in [-0.39, 0.29) is 11.5 Å². The Kier molecular flexibility index (Phi) is 5.03. The number of hydrogen-bond acceptors (Lipinski definition) is 6. The molecule has 2 aromatic rings. The molecule has 0 aliphatic carbocycles. The molecule has 1 aromatic heterocycles. The summed E-state index contributed by atoms with van der Waals surface area (Å²) >= 11 is 6.08. The fraction of sp³-hybridized carbons (Fsp3) is 0.286. The van der Waals surface area contributed by atoms with Crippen LogP contribution in [-0.4, -0.2) is 21.7 Å². The van der Waals surface area contributed by atoms with E-state index in [1.165, 1.54) is 12.1 Å². The van der Waals surface area contributed by atoms with E-state index >= 15 is 0 Å². The zero-order valence-electron chi connectivity index (χ0n) is 12.4. The van der Waals surface area contributed by atoms with Gasteiger partial charge in [-0.25, -0.2) is 0 Å². The van der Waals surface area contributed by atoms with Gasteiger partial charge in [-0.1, -0.05) is 11.6 Å². The number of aromatic amines is 1. The highest BCUT2D eigenvalue weighted by Gasteiger charge is 2.13. The van der Waals surface area contributed by atoms with Gasteiger partial charge >= 0.3 is 0 Å². The predicted molar refractivity (Wildman–Crippen MR) is 87.4 cm³/mol. The van der Waals surface area contributed by atoms with Gasteiger partial charge < -0.3 is 11.1 Å². The molecule has 9 heteroatoms. The SMILES string of the molecule is Cc1cc([N+](=O)[O-])cc(Cl)c1NCCCc1[nH]nc(N)c1C#N. The Hall–Kier alpha value is -2.79. The summed E-state index contributed by atoms with van der Waals surface area (Å²) in [7, 11) is 0. The van der Waals surface area contributed by atoms with Gasteiger partial charge in [-0.3, -0.25) is 15.2 Å². The standard InChI is InChI=1S/C14H15ClN6O2/c1-8-5-9(21(22)23)6-11(15)13(8)18-4-2-3-12-10(7-16)14(17)20-19-12/h5-6,18H,2-4H2,1H3,(H3,17,19,20). The number of nitro benzene ring substituents is 1. The van der Waals surface area contributed by atoms with E-state index < -0.39 is 4.92 Å². The Balaban J connectivity index is 1.97. The second-order valence-corrected chi connectivity index (χ2v) is 5.39. The van der Waals surface area contributed by atoms with Gasteiger partial charge in [0.05, 0.1) is 21.3 Å². The quantitative estimate of drug-likeness (QED) is 0.422. The van der Waals surface area contributed by atoms with E-state index in [0.717, 1.165) is 0 Å². The Morgan fingerprint density at radius 1 is 1.57 bits per heavy atom. The summed E-state index contributed by atoms with van der Waals surface area (Å²) in [4.78, 5) is 10.3. The molecule has 0 aliphatic heterocycles. The lowest BCUT2D eigenvalue weighted by Gasteiger charge is -2.11. The average molecular weight is 335 g/mol. The Labute approximate surface area is 137 Å². The summed E-state index contributed by atoms with van der Waals surface area (Å²) in [6.07, 6.45) is 1.31. The molecular weight excluding hydrogens is 320 g/mol. The summed E-state index contributed by atoms with van der Waals surface area (Å²) in [6, 6.07) is 4.80. The average Bonchev–Trinajstić information content (AvgIpc) is 2.85. The van der Waals surface area contributed by atoms with Crippen LogP contribution in [0.25, 0.3) is 0 Å². The van der Waals surface area contributed by atoms with E-state index in [2.05, 4.69) is 15.5 Å². The van der Waals surface area contributed by atoms with Crippen molar-refractivity contribution in [2.45, 2.75) is 19.8 Å². The molecule has 0 spiro atoms. The largest absolute Gasteiger partial charge is 0.384 e. The molecule has 23 heavy (non-hydrogen) atoms. The van der Waals surface area contributed by atoms with Gasteiger partial charge in [0.2, 0.25) is 0 Å². The highest BCUT2D eigenvalue weighted by atomic mass is 35.5. The van der Waals surface area contributed by atoms with Crippen LogP contribution >= 0.6 is 11.6 Å². The minimum Gasteiger partial charge on any atom is -0.384 e. The molecule has 0 saturated carbocycles. The molecule has 0 atom stereocenters. The minimum atomic E-state index is -0.477. The number of rotatable bonds is 6. The third kappa shape index (κ3) is 3.70. The number of aryl methyl sites for hydroxylation is 2. The Morgan fingerprint density at radius 2 is 2.30 bits per heavy atom. The number of nitrogen functional groups attached to an aromatic ring is 1. The van der Waals surface area contributed by atoms with Crippen molar-refractivity contribution >= 4 is 28.8 Å². The van der Waals surface area contributed by atoms with E-state index in [1.54, 1.807) is 6.92 Å². The zero-order chi connectivity index (χ0) is 17.0. The van der Waals surface area contributed by atoms with Crippen molar-refractivity contribution < 1.29 is 4.92 Å². The van der Waals surface area contributed by atoms with Gasteiger partial charge in [-0.15, -0.1) is 0 Å². The van der Waals surface area contributed by atoms with Gasteiger partial charge in [-0.05, 0) is 25.3 Å². The van der Waals surface area contributed by atoms with Crippen LogP contribution in [0, 0.1) is 28.4 Å². The molecular formula is C14H15ClN6O2. The monoisotopic (exact) mass is 334 g/mol. The number of nitriles is 1. The number of benzene rings is 1. The molecule has 0 aliphatic rings. The fourth-order valence-electron chi connectivity index (χ4n) is 2.23. The van der Waals surface area contributed by atoms with E-state index in [1.807, 2.05) is 6.07 Å². The lowest BCUT2D eigenvalue weighted by Crippen LogP contribution is -2.06. The lowest BCUT2D eigenvalue weighted by atomic mass is 10.1. The highest BCUT2D eigenvalue weighted by molar-refractivity contribution is 6.33. The number of anilines is 2. The number of nitro groups is 1. The molecule has 0 bridgehead atoms. The summed E-state index contributed by atoms with van der Waals surface area (Å²) in [6.45, 7) is 2.34. The van der Waals surface area contributed by atoms with Crippen LogP contribution in [0.3, 0.4) is 0 Å². The molecule has 120 valence electrons. The Bertz CT molecular complexity index is 757. The van der Waals surface area contributed by atoms with Crippen LogP contribution in [0.2, 0.25) is 5.02 Å². The smallest absolute Gasteiger partial charge is 0.271 e. The van der Waals surface area contributed by atoms with E-state index in [0.29, 0.717) is 46.9 Å². The third-order valence-electron chi connectivity index (χ3n) is 3.37.